The third-order valence-electron chi connectivity index (χ3n) is 3.29. The normalized spacial score (nSPS) is 18.3. The Morgan fingerprint density at radius 1 is 1.36 bits per heavy atom. The van der Waals surface area contributed by atoms with Crippen LogP contribution in [0.25, 0.3) is 0 Å². The summed E-state index contributed by atoms with van der Waals surface area (Å²) in [5.41, 5.74) is 0.343. The maximum absolute atomic E-state index is 12.3. The van der Waals surface area contributed by atoms with Gasteiger partial charge in [0.15, 0.2) is 0 Å². The average Bonchev–Trinajstić information content (AvgIpc) is 2.48. The van der Waals surface area contributed by atoms with E-state index in [0.717, 1.165) is 19.4 Å². The highest BCUT2D eigenvalue weighted by atomic mass is 35.5. The molecule has 2 rings (SSSR count). The number of nitrogens with one attached hydrogen (secondary N) is 2. The fourth-order valence-corrected chi connectivity index (χ4v) is 3.49. The third-order valence-corrected chi connectivity index (χ3v) is 4.83. The van der Waals surface area contributed by atoms with E-state index in [2.05, 4.69) is 10.0 Å². The summed E-state index contributed by atoms with van der Waals surface area (Å²) in [6, 6.07) is 5.68. The van der Waals surface area contributed by atoms with Crippen molar-refractivity contribution in [1.82, 2.24) is 10.0 Å². The number of rotatable bonds is 5. The van der Waals surface area contributed by atoms with E-state index in [1.165, 1.54) is 24.3 Å². The van der Waals surface area contributed by atoms with E-state index in [1.807, 2.05) is 0 Å². The van der Waals surface area contributed by atoms with Gasteiger partial charge in [-0.1, -0.05) is 0 Å². The van der Waals surface area contributed by atoms with Gasteiger partial charge in [-0.3, -0.25) is 0 Å². The standard InChI is InChI=1S/C14H20N2O4S.ClH/c1-2-20-14(17)11-5-7-13(8-6-11)21(18,19)16-12-4-3-9-15-10-12;/h5-8,12,15-16H,2-4,9-10H2,1H3;1H. The molecule has 22 heavy (non-hydrogen) atoms. The predicted octanol–water partition coefficient (Wildman–Crippen LogP) is 1.32. The molecule has 0 aliphatic carbocycles. The molecule has 1 aliphatic rings. The Morgan fingerprint density at radius 3 is 2.59 bits per heavy atom. The molecular formula is C14H21ClN2O4S. The average molecular weight is 349 g/mol. The van der Waals surface area contributed by atoms with Crippen molar-refractivity contribution in [3.8, 4) is 0 Å². The number of benzene rings is 1. The predicted molar refractivity (Wildman–Crippen MR) is 85.9 cm³/mol. The number of carbonyl (C=O) groups excluding carboxylic acids is 1. The van der Waals surface area contributed by atoms with Crippen LogP contribution in [0.4, 0.5) is 0 Å². The summed E-state index contributed by atoms with van der Waals surface area (Å²) in [5, 5.41) is 3.16. The van der Waals surface area contributed by atoms with E-state index in [4.69, 9.17) is 4.74 Å². The second kappa shape index (κ2) is 8.47. The van der Waals surface area contributed by atoms with Crippen LogP contribution >= 0.6 is 12.4 Å². The number of piperidine rings is 1. The van der Waals surface area contributed by atoms with Crippen molar-refractivity contribution < 1.29 is 17.9 Å². The quantitative estimate of drug-likeness (QED) is 0.784. The number of halogens is 1. The van der Waals surface area contributed by atoms with Crippen molar-refractivity contribution in [3.05, 3.63) is 29.8 Å². The van der Waals surface area contributed by atoms with Crippen LogP contribution in [0.5, 0.6) is 0 Å². The van der Waals surface area contributed by atoms with Gasteiger partial charge < -0.3 is 10.1 Å². The molecule has 1 heterocycles. The molecule has 1 atom stereocenters. The van der Waals surface area contributed by atoms with Crippen LogP contribution in [0.3, 0.4) is 0 Å². The Balaban J connectivity index is 0.00000242. The zero-order valence-corrected chi connectivity index (χ0v) is 14.0. The fraction of sp³-hybridized carbons (Fsp3) is 0.500. The van der Waals surface area contributed by atoms with Gasteiger partial charge in [0, 0.05) is 12.6 Å². The molecule has 6 nitrogen and oxygen atoms in total. The smallest absolute Gasteiger partial charge is 0.338 e. The maximum atomic E-state index is 12.3. The molecule has 1 aliphatic heterocycles. The number of esters is 1. The Hall–Kier alpha value is -1.15. The fourth-order valence-electron chi connectivity index (χ4n) is 2.22. The Labute approximate surface area is 137 Å². The highest BCUT2D eigenvalue weighted by Gasteiger charge is 2.21. The van der Waals surface area contributed by atoms with Crippen LogP contribution in [-0.2, 0) is 14.8 Å². The number of sulfonamides is 1. The van der Waals surface area contributed by atoms with Gasteiger partial charge in [0.05, 0.1) is 17.1 Å². The summed E-state index contributed by atoms with van der Waals surface area (Å²) < 4.78 is 32.0. The van der Waals surface area contributed by atoms with Gasteiger partial charge in [-0.2, -0.15) is 0 Å². The summed E-state index contributed by atoms with van der Waals surface area (Å²) >= 11 is 0. The van der Waals surface area contributed by atoms with Gasteiger partial charge in [-0.25, -0.2) is 17.9 Å². The highest BCUT2D eigenvalue weighted by Crippen LogP contribution is 2.13. The van der Waals surface area contributed by atoms with Crippen LogP contribution in [0.2, 0.25) is 0 Å². The first kappa shape index (κ1) is 18.9. The Kier molecular flexibility index (Phi) is 7.28. The highest BCUT2D eigenvalue weighted by molar-refractivity contribution is 7.89. The first-order valence-electron chi connectivity index (χ1n) is 7.03. The molecule has 2 N–H and O–H groups in total. The Morgan fingerprint density at radius 2 is 2.05 bits per heavy atom. The molecule has 0 spiro atoms. The van der Waals surface area contributed by atoms with E-state index in [1.54, 1.807) is 6.92 Å². The van der Waals surface area contributed by atoms with E-state index in [9.17, 15) is 13.2 Å². The minimum Gasteiger partial charge on any atom is -0.462 e. The number of hydrogen-bond acceptors (Lipinski definition) is 5. The SMILES string of the molecule is CCOC(=O)c1ccc(S(=O)(=O)NC2CCCNC2)cc1.Cl. The van der Waals surface area contributed by atoms with E-state index in [-0.39, 0.29) is 30.0 Å². The molecule has 124 valence electrons. The largest absolute Gasteiger partial charge is 0.462 e. The summed E-state index contributed by atoms with van der Waals surface area (Å²) in [6.07, 6.45) is 1.78. The molecule has 1 unspecified atom stereocenters. The molecular weight excluding hydrogens is 328 g/mol. The summed E-state index contributed by atoms with van der Waals surface area (Å²) in [6.45, 7) is 3.57. The molecule has 0 bridgehead atoms. The van der Waals surface area contributed by atoms with Crippen molar-refractivity contribution >= 4 is 28.4 Å². The van der Waals surface area contributed by atoms with E-state index in [0.29, 0.717) is 12.1 Å². The molecule has 1 aromatic carbocycles. The maximum Gasteiger partial charge on any atom is 0.338 e. The van der Waals surface area contributed by atoms with Gasteiger partial charge in [0.25, 0.3) is 0 Å². The lowest BCUT2D eigenvalue weighted by molar-refractivity contribution is 0.0526. The molecule has 0 saturated carbocycles. The van der Waals surface area contributed by atoms with E-state index < -0.39 is 16.0 Å². The first-order valence-corrected chi connectivity index (χ1v) is 8.51. The molecule has 8 heteroatoms. The van der Waals surface area contributed by atoms with Gasteiger partial charge >= 0.3 is 5.97 Å². The first-order chi connectivity index (χ1) is 10.0. The Bertz CT molecular complexity index is 583. The molecule has 0 aromatic heterocycles. The van der Waals surface area contributed by atoms with Crippen LogP contribution in [0.1, 0.15) is 30.1 Å². The topological polar surface area (TPSA) is 84.5 Å². The molecule has 1 saturated heterocycles. The number of ether oxygens (including phenoxy) is 1. The number of carbonyl (C=O) groups is 1. The molecule has 0 radical (unpaired) electrons. The summed E-state index contributed by atoms with van der Waals surface area (Å²) in [7, 11) is -3.56. The van der Waals surface area contributed by atoms with Gasteiger partial charge in [-0.15, -0.1) is 12.4 Å². The molecule has 0 amide bonds. The minimum atomic E-state index is -3.56. The number of hydrogen-bond donors (Lipinski definition) is 2. The van der Waals surface area contributed by atoms with Crippen molar-refractivity contribution in [3.63, 3.8) is 0 Å². The van der Waals surface area contributed by atoms with Crippen LogP contribution in [0.15, 0.2) is 29.2 Å². The minimum absolute atomic E-state index is 0. The zero-order chi connectivity index (χ0) is 15.3. The lowest BCUT2D eigenvalue weighted by Crippen LogP contribution is -2.45. The van der Waals surface area contributed by atoms with Crippen molar-refractivity contribution in [2.24, 2.45) is 0 Å². The second-order valence-corrected chi connectivity index (χ2v) is 6.62. The van der Waals surface area contributed by atoms with Crippen molar-refractivity contribution in [2.45, 2.75) is 30.7 Å². The van der Waals surface area contributed by atoms with Crippen molar-refractivity contribution in [1.29, 1.82) is 0 Å². The lowest BCUT2D eigenvalue weighted by Gasteiger charge is -2.23. The molecule has 1 aromatic rings. The van der Waals surface area contributed by atoms with Crippen LogP contribution in [-0.4, -0.2) is 40.1 Å². The zero-order valence-electron chi connectivity index (χ0n) is 12.4. The monoisotopic (exact) mass is 348 g/mol. The summed E-state index contributed by atoms with van der Waals surface area (Å²) in [5.74, 6) is -0.453. The summed E-state index contributed by atoms with van der Waals surface area (Å²) in [4.78, 5) is 11.7. The third kappa shape index (κ3) is 4.95. The lowest BCUT2D eigenvalue weighted by atomic mass is 10.1. The van der Waals surface area contributed by atoms with Gasteiger partial charge in [-0.05, 0) is 50.6 Å². The van der Waals surface area contributed by atoms with Gasteiger partial charge in [0.1, 0.15) is 0 Å². The molecule has 1 fully saturated rings. The van der Waals surface area contributed by atoms with Crippen LogP contribution in [0, 0.1) is 0 Å². The van der Waals surface area contributed by atoms with Gasteiger partial charge in [0.2, 0.25) is 10.0 Å². The van der Waals surface area contributed by atoms with E-state index >= 15 is 0 Å². The van der Waals surface area contributed by atoms with Crippen LogP contribution < -0.4 is 10.0 Å². The van der Waals surface area contributed by atoms with Crippen molar-refractivity contribution in [2.75, 3.05) is 19.7 Å². The second-order valence-electron chi connectivity index (χ2n) is 4.91.